The van der Waals surface area contributed by atoms with Gasteiger partial charge in [0.1, 0.15) is 13.1 Å². The van der Waals surface area contributed by atoms with Crippen molar-refractivity contribution in [1.29, 1.82) is 0 Å². The van der Waals surface area contributed by atoms with Crippen molar-refractivity contribution in [2.24, 2.45) is 0 Å². The van der Waals surface area contributed by atoms with Gasteiger partial charge in [0.15, 0.2) is 0 Å². The lowest BCUT2D eigenvalue weighted by molar-refractivity contribution is -0.0963. The molecule has 2 rings (SSSR count). The van der Waals surface area contributed by atoms with E-state index in [-0.39, 0.29) is 0 Å². The van der Waals surface area contributed by atoms with Crippen molar-refractivity contribution in [3.8, 4) is 0 Å². The first-order valence-electron chi connectivity index (χ1n) is 4.59. The summed E-state index contributed by atoms with van der Waals surface area (Å²) in [5.41, 5.74) is 0.729. The molecule has 1 aliphatic heterocycles. The van der Waals surface area contributed by atoms with Crippen LogP contribution in [0.5, 0.6) is 0 Å². The van der Waals surface area contributed by atoms with Crippen LogP contribution in [0.4, 0.5) is 0 Å². The van der Waals surface area contributed by atoms with Crippen LogP contribution in [0.3, 0.4) is 0 Å². The fourth-order valence-electron chi connectivity index (χ4n) is 0.971. The number of benzene rings is 1. The van der Waals surface area contributed by atoms with Crippen LogP contribution < -0.4 is 0 Å². The molecular formula is C11H14O3. The quantitative estimate of drug-likeness (QED) is 0.640. The second-order valence-corrected chi connectivity index (χ2v) is 2.82. The largest absolute Gasteiger partial charge is 0.355 e. The number of rotatable bonds is 1. The van der Waals surface area contributed by atoms with Gasteiger partial charge in [-0.25, -0.2) is 0 Å². The van der Waals surface area contributed by atoms with E-state index < -0.39 is 0 Å². The van der Waals surface area contributed by atoms with Gasteiger partial charge in [-0.2, -0.15) is 0 Å². The highest BCUT2D eigenvalue weighted by molar-refractivity contribution is 5.74. The molecular weight excluding hydrogens is 180 g/mol. The Hall–Kier alpha value is -1.19. The van der Waals surface area contributed by atoms with Crippen molar-refractivity contribution < 1.29 is 14.3 Å². The summed E-state index contributed by atoms with van der Waals surface area (Å²) < 4.78 is 9.69. The molecule has 0 amide bonds. The predicted molar refractivity (Wildman–Crippen MR) is 53.2 cm³/mol. The maximum atomic E-state index is 10.0. The Bertz CT molecular complexity index is 230. The van der Waals surface area contributed by atoms with Crippen LogP contribution in [-0.2, 0) is 9.47 Å². The number of hydrogen-bond acceptors (Lipinski definition) is 3. The van der Waals surface area contributed by atoms with Crippen molar-refractivity contribution in [2.45, 2.75) is 6.42 Å². The van der Waals surface area contributed by atoms with Crippen molar-refractivity contribution in [1.82, 2.24) is 0 Å². The summed E-state index contributed by atoms with van der Waals surface area (Å²) in [7, 11) is 0. The predicted octanol–water partition coefficient (Wildman–Crippen LogP) is 1.88. The van der Waals surface area contributed by atoms with E-state index in [1.165, 1.54) is 0 Å². The first-order valence-corrected chi connectivity index (χ1v) is 4.59. The van der Waals surface area contributed by atoms with E-state index in [1.54, 1.807) is 12.1 Å². The molecule has 0 atom stereocenters. The van der Waals surface area contributed by atoms with Gasteiger partial charge in [-0.1, -0.05) is 30.3 Å². The van der Waals surface area contributed by atoms with E-state index >= 15 is 0 Å². The molecule has 1 saturated heterocycles. The number of carbonyl (C=O) groups is 1. The lowest BCUT2D eigenvalue weighted by Crippen LogP contribution is -2.11. The van der Waals surface area contributed by atoms with Crippen LogP contribution >= 0.6 is 0 Å². The van der Waals surface area contributed by atoms with Gasteiger partial charge in [0, 0.05) is 5.56 Å². The molecule has 1 aliphatic rings. The summed E-state index contributed by atoms with van der Waals surface area (Å²) in [6.07, 6.45) is 1.89. The fourth-order valence-corrected chi connectivity index (χ4v) is 0.971. The molecule has 3 heteroatoms. The van der Waals surface area contributed by atoms with E-state index in [1.807, 2.05) is 18.2 Å². The second-order valence-electron chi connectivity index (χ2n) is 2.82. The van der Waals surface area contributed by atoms with Crippen LogP contribution in [0.1, 0.15) is 16.8 Å². The van der Waals surface area contributed by atoms with E-state index in [2.05, 4.69) is 0 Å². The van der Waals surface area contributed by atoms with Crippen molar-refractivity contribution in [3.63, 3.8) is 0 Å². The highest BCUT2D eigenvalue weighted by Gasteiger charge is 1.94. The molecule has 76 valence electrons. The van der Waals surface area contributed by atoms with Crippen LogP contribution in [0.2, 0.25) is 0 Å². The van der Waals surface area contributed by atoms with Crippen molar-refractivity contribution in [3.05, 3.63) is 35.9 Å². The van der Waals surface area contributed by atoms with Crippen molar-refractivity contribution >= 4 is 6.29 Å². The Kier molecular flexibility index (Phi) is 5.63. The van der Waals surface area contributed by atoms with Gasteiger partial charge in [0.05, 0.1) is 13.2 Å². The van der Waals surface area contributed by atoms with Gasteiger partial charge in [0.2, 0.25) is 0 Å². The van der Waals surface area contributed by atoms with Gasteiger partial charge < -0.3 is 9.47 Å². The molecule has 3 nitrogen and oxygen atoms in total. The fraction of sp³-hybridized carbons (Fsp3) is 0.364. The molecule has 1 fully saturated rings. The van der Waals surface area contributed by atoms with Crippen LogP contribution in [-0.4, -0.2) is 26.3 Å². The Morgan fingerprint density at radius 2 is 1.71 bits per heavy atom. The van der Waals surface area contributed by atoms with Crippen molar-refractivity contribution in [2.75, 3.05) is 20.0 Å². The minimum absolute atomic E-state index is 0.500. The molecule has 0 bridgehead atoms. The topological polar surface area (TPSA) is 35.5 Å². The maximum absolute atomic E-state index is 10.0. The first-order chi connectivity index (χ1) is 6.93. The Morgan fingerprint density at radius 3 is 2.00 bits per heavy atom. The van der Waals surface area contributed by atoms with E-state index in [0.29, 0.717) is 6.79 Å². The molecule has 0 N–H and O–H groups in total. The third-order valence-electron chi connectivity index (χ3n) is 1.68. The highest BCUT2D eigenvalue weighted by Crippen LogP contribution is 1.92. The number of hydrogen-bond donors (Lipinski definition) is 0. The molecule has 0 saturated carbocycles. The Morgan fingerprint density at radius 1 is 1.07 bits per heavy atom. The molecule has 1 aromatic rings. The first kappa shape index (κ1) is 10.9. The summed E-state index contributed by atoms with van der Waals surface area (Å²) in [5, 5.41) is 0. The zero-order valence-corrected chi connectivity index (χ0v) is 8.02. The zero-order chi connectivity index (χ0) is 10.1. The third kappa shape index (κ3) is 4.74. The van der Waals surface area contributed by atoms with E-state index in [9.17, 15) is 4.79 Å². The standard InChI is InChI=1S/C7H6O.C4H8O2/c8-6-7-4-2-1-3-5-7;1-2-5-4-6-3-1/h1-6H;1-4H2. The Labute approximate surface area is 83.6 Å². The molecule has 0 aliphatic carbocycles. The number of carbonyl (C=O) groups excluding carboxylic acids is 1. The van der Waals surface area contributed by atoms with E-state index in [0.717, 1.165) is 31.5 Å². The SMILES string of the molecule is C1COCOC1.O=Cc1ccccc1. The van der Waals surface area contributed by atoms with E-state index in [4.69, 9.17) is 9.47 Å². The zero-order valence-electron chi connectivity index (χ0n) is 8.02. The summed E-state index contributed by atoms with van der Waals surface area (Å²) in [6.45, 7) is 2.25. The molecule has 0 unspecified atom stereocenters. The third-order valence-corrected chi connectivity index (χ3v) is 1.68. The average Bonchev–Trinajstić information content (AvgIpc) is 2.33. The van der Waals surface area contributed by atoms with Gasteiger partial charge in [0.25, 0.3) is 0 Å². The summed E-state index contributed by atoms with van der Waals surface area (Å²) in [6, 6.07) is 9.10. The highest BCUT2D eigenvalue weighted by atomic mass is 16.7. The molecule has 0 spiro atoms. The maximum Gasteiger partial charge on any atom is 0.150 e. The lowest BCUT2D eigenvalue weighted by Gasteiger charge is -2.09. The monoisotopic (exact) mass is 194 g/mol. The minimum Gasteiger partial charge on any atom is -0.355 e. The number of ether oxygens (including phenoxy) is 2. The van der Waals surface area contributed by atoms with Crippen LogP contribution in [0, 0.1) is 0 Å². The van der Waals surface area contributed by atoms with Gasteiger partial charge in [-0.05, 0) is 6.42 Å². The van der Waals surface area contributed by atoms with Gasteiger partial charge in [-0.3, -0.25) is 4.79 Å². The summed E-state index contributed by atoms with van der Waals surface area (Å²) >= 11 is 0. The smallest absolute Gasteiger partial charge is 0.150 e. The van der Waals surface area contributed by atoms with Crippen LogP contribution in [0.15, 0.2) is 30.3 Å². The molecule has 14 heavy (non-hydrogen) atoms. The molecule has 0 aromatic heterocycles. The lowest BCUT2D eigenvalue weighted by atomic mass is 10.2. The normalized spacial score (nSPS) is 15.1. The summed E-state index contributed by atoms with van der Waals surface area (Å²) in [4.78, 5) is 10.0. The molecule has 1 heterocycles. The van der Waals surface area contributed by atoms with Gasteiger partial charge in [-0.15, -0.1) is 0 Å². The molecule has 1 aromatic carbocycles. The molecule has 0 radical (unpaired) electrons. The number of aldehydes is 1. The second kappa shape index (κ2) is 7.24. The minimum atomic E-state index is 0.500. The summed E-state index contributed by atoms with van der Waals surface area (Å²) in [5.74, 6) is 0. The van der Waals surface area contributed by atoms with Crippen LogP contribution in [0.25, 0.3) is 0 Å². The Balaban J connectivity index is 0.000000146. The van der Waals surface area contributed by atoms with Gasteiger partial charge >= 0.3 is 0 Å². The average molecular weight is 194 g/mol.